The summed E-state index contributed by atoms with van der Waals surface area (Å²) in [5, 5.41) is 0. The third kappa shape index (κ3) is 2.55. The van der Waals surface area contributed by atoms with Gasteiger partial charge < -0.3 is 0 Å². The standard InChI is InChI=1S/C10H16.C10H14.Fe/c2*1-2-8-4-7-5-9(6-7)10(8)3-1;/h7-10H,1-6H2;2,7,9-10H,1,3-6H2;. The van der Waals surface area contributed by atoms with E-state index in [1.165, 1.54) is 42.9 Å². The van der Waals surface area contributed by atoms with Crippen molar-refractivity contribution in [3.8, 4) is 0 Å². The summed E-state index contributed by atoms with van der Waals surface area (Å²) in [6, 6.07) is 0. The fraction of sp³-hybridized carbons (Fsp3) is 0.900. The van der Waals surface area contributed by atoms with Gasteiger partial charge in [-0.25, -0.2) is 0 Å². The molecule has 0 aliphatic heterocycles. The van der Waals surface area contributed by atoms with E-state index in [1.54, 1.807) is 51.4 Å². The largest absolute Gasteiger partial charge is 0.0527 e. The normalized spacial score (nSPS) is 52.3. The Bertz CT molecular complexity index is 330. The van der Waals surface area contributed by atoms with Crippen LogP contribution in [0.15, 0.2) is 0 Å². The van der Waals surface area contributed by atoms with Gasteiger partial charge in [-0.05, 0) is 112 Å². The molecule has 0 aromatic rings. The molecular formula is C20H30Fe. The fourth-order valence-corrected chi connectivity index (χ4v) is 6.91. The van der Waals surface area contributed by atoms with Gasteiger partial charge in [0, 0.05) is 17.1 Å². The van der Waals surface area contributed by atoms with Gasteiger partial charge in [-0.1, -0.05) is 12.8 Å². The Hall–Kier alpha value is 0.519. The minimum atomic E-state index is 0. The molecule has 8 saturated carbocycles. The van der Waals surface area contributed by atoms with Gasteiger partial charge in [0.05, 0.1) is 0 Å². The summed E-state index contributed by atoms with van der Waals surface area (Å²) in [6.45, 7) is 0. The van der Waals surface area contributed by atoms with Crippen LogP contribution in [-0.2, 0) is 17.1 Å². The molecule has 2 radical (unpaired) electrons. The second-order valence-electron chi connectivity index (χ2n) is 8.95. The van der Waals surface area contributed by atoms with Crippen molar-refractivity contribution < 1.29 is 17.1 Å². The van der Waals surface area contributed by atoms with E-state index in [-0.39, 0.29) is 17.1 Å². The summed E-state index contributed by atoms with van der Waals surface area (Å²) in [5.41, 5.74) is 0. The van der Waals surface area contributed by atoms with Crippen LogP contribution in [0.1, 0.15) is 70.6 Å². The van der Waals surface area contributed by atoms with Gasteiger partial charge in [0.15, 0.2) is 0 Å². The average molecular weight is 326 g/mol. The maximum absolute atomic E-state index is 2.52. The van der Waals surface area contributed by atoms with Crippen LogP contribution >= 0.6 is 0 Å². The van der Waals surface area contributed by atoms with Crippen LogP contribution in [0.25, 0.3) is 0 Å². The molecule has 0 amide bonds. The molecule has 8 aliphatic rings. The van der Waals surface area contributed by atoms with Crippen molar-refractivity contribution in [1.82, 2.24) is 0 Å². The van der Waals surface area contributed by atoms with E-state index >= 15 is 0 Å². The van der Waals surface area contributed by atoms with Crippen molar-refractivity contribution in [1.29, 1.82) is 0 Å². The predicted molar refractivity (Wildman–Crippen MR) is 82.8 cm³/mol. The number of hydrogen-bond donors (Lipinski definition) is 0. The molecule has 118 valence electrons. The maximum Gasteiger partial charge on any atom is 0 e. The number of hydrogen-bond acceptors (Lipinski definition) is 0. The SMILES string of the molecule is C1CC2CC3CC(C3)C2C1.[CH]1CCC2[C]1CC1CC2C1.[Fe]. The summed E-state index contributed by atoms with van der Waals surface area (Å²) in [5.74, 6) is 9.92. The minimum absolute atomic E-state index is 0. The Labute approximate surface area is 141 Å². The monoisotopic (exact) mass is 326 g/mol. The quantitative estimate of drug-likeness (QED) is 0.520. The van der Waals surface area contributed by atoms with E-state index < -0.39 is 0 Å². The van der Waals surface area contributed by atoms with Gasteiger partial charge >= 0.3 is 0 Å². The smallest absolute Gasteiger partial charge is 0 e. The van der Waals surface area contributed by atoms with E-state index in [2.05, 4.69) is 6.42 Å². The molecule has 4 bridgehead atoms. The van der Waals surface area contributed by atoms with Crippen molar-refractivity contribution in [3.63, 3.8) is 0 Å². The zero-order chi connectivity index (χ0) is 13.1. The molecule has 0 N–H and O–H groups in total. The molecular weight excluding hydrogens is 296 g/mol. The minimum Gasteiger partial charge on any atom is -0.0527 e. The van der Waals surface area contributed by atoms with Crippen molar-refractivity contribution in [2.75, 3.05) is 0 Å². The first-order chi connectivity index (χ1) is 9.87. The summed E-state index contributed by atoms with van der Waals surface area (Å²) in [7, 11) is 0. The molecule has 0 spiro atoms. The van der Waals surface area contributed by atoms with E-state index in [1.807, 2.05) is 5.92 Å². The molecule has 3 unspecified atom stereocenters. The Morgan fingerprint density at radius 3 is 2.29 bits per heavy atom. The van der Waals surface area contributed by atoms with Crippen LogP contribution in [0.2, 0.25) is 0 Å². The topological polar surface area (TPSA) is 0 Å². The second-order valence-corrected chi connectivity index (χ2v) is 8.95. The first-order valence-corrected chi connectivity index (χ1v) is 9.55. The predicted octanol–water partition coefficient (Wildman–Crippen LogP) is 5.44. The van der Waals surface area contributed by atoms with Gasteiger partial charge in [-0.2, -0.15) is 0 Å². The van der Waals surface area contributed by atoms with Gasteiger partial charge in [0.2, 0.25) is 0 Å². The summed E-state index contributed by atoms with van der Waals surface area (Å²) in [4.78, 5) is 0. The van der Waals surface area contributed by atoms with Crippen molar-refractivity contribution in [2.45, 2.75) is 70.6 Å². The number of rotatable bonds is 0. The van der Waals surface area contributed by atoms with Gasteiger partial charge in [0.1, 0.15) is 0 Å². The van der Waals surface area contributed by atoms with Crippen LogP contribution in [0, 0.1) is 53.8 Å². The third-order valence-electron chi connectivity index (χ3n) is 7.96. The Kier molecular flexibility index (Phi) is 4.21. The van der Waals surface area contributed by atoms with Crippen LogP contribution in [-0.4, -0.2) is 0 Å². The molecule has 3 atom stereocenters. The first kappa shape index (κ1) is 15.1. The fourth-order valence-electron chi connectivity index (χ4n) is 6.91. The molecule has 0 heterocycles. The van der Waals surface area contributed by atoms with E-state index in [0.29, 0.717) is 0 Å². The van der Waals surface area contributed by atoms with Crippen LogP contribution < -0.4 is 0 Å². The Balaban J connectivity index is 0.000000105. The molecule has 0 aromatic heterocycles. The Morgan fingerprint density at radius 1 is 0.762 bits per heavy atom. The molecule has 0 saturated heterocycles. The molecule has 8 rings (SSSR count). The molecule has 8 aliphatic carbocycles. The Morgan fingerprint density at radius 2 is 1.52 bits per heavy atom. The molecule has 0 nitrogen and oxygen atoms in total. The van der Waals surface area contributed by atoms with Gasteiger partial charge in [0.25, 0.3) is 0 Å². The van der Waals surface area contributed by atoms with Crippen LogP contribution in [0.4, 0.5) is 0 Å². The van der Waals surface area contributed by atoms with Crippen LogP contribution in [0.3, 0.4) is 0 Å². The van der Waals surface area contributed by atoms with E-state index in [9.17, 15) is 0 Å². The summed E-state index contributed by atoms with van der Waals surface area (Å²) >= 11 is 0. The van der Waals surface area contributed by atoms with E-state index in [4.69, 9.17) is 0 Å². The maximum atomic E-state index is 2.52. The summed E-state index contributed by atoms with van der Waals surface area (Å²) in [6.07, 6.45) is 19.6. The van der Waals surface area contributed by atoms with E-state index in [0.717, 1.165) is 17.8 Å². The average Bonchev–Trinajstić information content (AvgIpc) is 3.05. The molecule has 8 fully saturated rings. The first-order valence-electron chi connectivity index (χ1n) is 9.55. The second kappa shape index (κ2) is 5.86. The zero-order valence-electron chi connectivity index (χ0n) is 13.3. The molecule has 21 heavy (non-hydrogen) atoms. The van der Waals surface area contributed by atoms with Gasteiger partial charge in [-0.15, -0.1) is 0 Å². The molecule has 0 aromatic carbocycles. The molecule has 1 heteroatoms. The van der Waals surface area contributed by atoms with Crippen LogP contribution in [0.5, 0.6) is 0 Å². The summed E-state index contributed by atoms with van der Waals surface area (Å²) < 4.78 is 0. The van der Waals surface area contributed by atoms with Gasteiger partial charge in [-0.3, -0.25) is 0 Å². The zero-order valence-corrected chi connectivity index (χ0v) is 14.4. The van der Waals surface area contributed by atoms with Crippen molar-refractivity contribution in [2.24, 2.45) is 41.4 Å². The van der Waals surface area contributed by atoms with Crippen molar-refractivity contribution >= 4 is 0 Å². The third-order valence-corrected chi connectivity index (χ3v) is 7.96. The van der Waals surface area contributed by atoms with Crippen molar-refractivity contribution in [3.05, 3.63) is 12.3 Å².